The summed E-state index contributed by atoms with van der Waals surface area (Å²) in [5.41, 5.74) is 3.38. The van der Waals surface area contributed by atoms with E-state index in [1.807, 2.05) is 6.92 Å². The van der Waals surface area contributed by atoms with Crippen molar-refractivity contribution < 1.29 is 39.6 Å². The van der Waals surface area contributed by atoms with Gasteiger partial charge < -0.3 is 31.5 Å². The van der Waals surface area contributed by atoms with Crippen LogP contribution in [0.15, 0.2) is 23.0 Å². The molecule has 4 atom stereocenters. The lowest BCUT2D eigenvalue weighted by Gasteiger charge is -2.50. The molecule has 4 unspecified atom stereocenters. The van der Waals surface area contributed by atoms with Gasteiger partial charge in [-0.05, 0) is 50.4 Å². The van der Waals surface area contributed by atoms with E-state index in [2.05, 4.69) is 5.32 Å². The maximum Gasteiger partial charge on any atom is 0.255 e. The predicted octanol–water partition coefficient (Wildman–Crippen LogP) is 0.163. The van der Waals surface area contributed by atoms with Crippen LogP contribution in [0.1, 0.15) is 42.5 Å². The monoisotopic (exact) mass is 513 g/mol. The van der Waals surface area contributed by atoms with Crippen LogP contribution in [0.4, 0.5) is 0 Å². The Morgan fingerprint density at radius 1 is 1.19 bits per heavy atom. The third-order valence-electron chi connectivity index (χ3n) is 7.80. The third kappa shape index (κ3) is 3.72. The number of nitrogens with one attached hydrogen (secondary N) is 1. The van der Waals surface area contributed by atoms with Gasteiger partial charge in [0, 0.05) is 30.5 Å². The van der Waals surface area contributed by atoms with Crippen molar-refractivity contribution in [1.82, 2.24) is 10.2 Å². The zero-order valence-electron chi connectivity index (χ0n) is 21.1. The molecule has 0 heterocycles. The number of aromatic hydroxyl groups is 1. The Kier molecular flexibility index (Phi) is 6.41. The summed E-state index contributed by atoms with van der Waals surface area (Å²) in [5.74, 6) is -7.18. The standard InChI is InChI=1S/C26H31N3O8/c1-5-11-6-13(9-28-10(2)30)20(31)17-14(11)7-12-8-15-19(29(3)4)22(33)18(25(27)36)24(35)26(15,37)23(34)16(12)21(17)32/h6,12,15,19,31-32,35,37H,5,7-9H2,1-4H3,(H2,27,36)(H,28,30). The highest BCUT2D eigenvalue weighted by Gasteiger charge is 2.64. The molecular weight excluding hydrogens is 482 g/mol. The summed E-state index contributed by atoms with van der Waals surface area (Å²) in [6.07, 6.45) is 0.797. The molecular formula is C26H31N3O8. The molecule has 3 aliphatic carbocycles. The fourth-order valence-electron chi connectivity index (χ4n) is 6.12. The number of phenols is 1. The maximum absolute atomic E-state index is 13.9. The number of hydrogen-bond donors (Lipinski definition) is 6. The van der Waals surface area contributed by atoms with Gasteiger partial charge in [-0.2, -0.15) is 0 Å². The number of rotatable bonds is 5. The minimum absolute atomic E-state index is 0.00836. The van der Waals surface area contributed by atoms with Crippen molar-refractivity contribution in [1.29, 1.82) is 0 Å². The number of primary amides is 1. The van der Waals surface area contributed by atoms with E-state index in [-0.39, 0.29) is 42.2 Å². The van der Waals surface area contributed by atoms with Crippen LogP contribution in [0.5, 0.6) is 5.75 Å². The third-order valence-corrected chi connectivity index (χ3v) is 7.80. The second kappa shape index (κ2) is 9.00. The van der Waals surface area contributed by atoms with E-state index >= 15 is 0 Å². The van der Waals surface area contributed by atoms with Crippen molar-refractivity contribution in [2.75, 3.05) is 14.1 Å². The van der Waals surface area contributed by atoms with Gasteiger partial charge in [0.15, 0.2) is 11.4 Å². The molecule has 0 radical (unpaired) electrons. The van der Waals surface area contributed by atoms with E-state index < -0.39 is 58.0 Å². The lowest BCUT2D eigenvalue weighted by Crippen LogP contribution is -2.65. The van der Waals surface area contributed by atoms with E-state index in [1.165, 1.54) is 11.8 Å². The van der Waals surface area contributed by atoms with Gasteiger partial charge >= 0.3 is 0 Å². The highest BCUT2D eigenvalue weighted by Crippen LogP contribution is 2.53. The van der Waals surface area contributed by atoms with Crippen LogP contribution in [-0.2, 0) is 38.6 Å². The molecule has 37 heavy (non-hydrogen) atoms. The molecule has 7 N–H and O–H groups in total. The van der Waals surface area contributed by atoms with E-state index in [4.69, 9.17) is 5.73 Å². The van der Waals surface area contributed by atoms with Crippen LogP contribution in [0.3, 0.4) is 0 Å². The number of carbonyl (C=O) groups excluding carboxylic acids is 4. The smallest absolute Gasteiger partial charge is 0.255 e. The minimum Gasteiger partial charge on any atom is -0.508 e. The molecule has 0 spiro atoms. The Morgan fingerprint density at radius 3 is 2.38 bits per heavy atom. The second-order valence-corrected chi connectivity index (χ2v) is 10.1. The first-order valence-electron chi connectivity index (χ1n) is 12.0. The van der Waals surface area contributed by atoms with Gasteiger partial charge in [-0.25, -0.2) is 0 Å². The number of aliphatic hydroxyl groups is 3. The molecule has 11 heteroatoms. The summed E-state index contributed by atoms with van der Waals surface area (Å²) in [5, 5.41) is 47.5. The number of likely N-dealkylation sites (N-methyl/N-ethyl adjacent to an activating group) is 1. The number of amides is 2. The first-order chi connectivity index (χ1) is 17.3. The number of Topliss-reactive ketones (excluding diaryl/α,β-unsaturated/α-hetero) is 2. The first-order valence-corrected chi connectivity index (χ1v) is 12.0. The number of benzene rings is 1. The SMILES string of the molecule is CCc1cc(CNC(C)=O)c(O)c2c1CC1CC3C(N(C)C)C(=O)C(C(N)=O)=C(O)C3(O)C(=O)C1=C2O. The quantitative estimate of drug-likeness (QED) is 0.298. The van der Waals surface area contributed by atoms with E-state index in [0.717, 1.165) is 5.56 Å². The molecule has 2 amide bonds. The average molecular weight is 514 g/mol. The van der Waals surface area contributed by atoms with Gasteiger partial charge in [0.2, 0.25) is 11.7 Å². The molecule has 11 nitrogen and oxygen atoms in total. The van der Waals surface area contributed by atoms with Gasteiger partial charge in [0.1, 0.15) is 22.8 Å². The first kappa shape index (κ1) is 26.4. The van der Waals surface area contributed by atoms with Crippen molar-refractivity contribution in [2.24, 2.45) is 17.6 Å². The van der Waals surface area contributed by atoms with Crippen LogP contribution in [0, 0.1) is 11.8 Å². The Labute approximate surface area is 213 Å². The summed E-state index contributed by atoms with van der Waals surface area (Å²) < 4.78 is 0. The van der Waals surface area contributed by atoms with Crippen LogP contribution in [-0.4, -0.2) is 74.4 Å². The van der Waals surface area contributed by atoms with Crippen LogP contribution in [0.25, 0.3) is 5.76 Å². The topological polar surface area (TPSA) is 190 Å². The van der Waals surface area contributed by atoms with E-state index in [0.29, 0.717) is 17.5 Å². The highest BCUT2D eigenvalue weighted by molar-refractivity contribution is 6.24. The van der Waals surface area contributed by atoms with Crippen molar-refractivity contribution in [3.05, 3.63) is 45.2 Å². The van der Waals surface area contributed by atoms with Crippen molar-refractivity contribution in [2.45, 2.75) is 51.3 Å². The van der Waals surface area contributed by atoms with Crippen LogP contribution >= 0.6 is 0 Å². The fraction of sp³-hybridized carbons (Fsp3) is 0.462. The molecule has 1 saturated carbocycles. The molecule has 1 fully saturated rings. The maximum atomic E-state index is 13.9. The van der Waals surface area contributed by atoms with Crippen LogP contribution < -0.4 is 11.1 Å². The van der Waals surface area contributed by atoms with Crippen LogP contribution in [0.2, 0.25) is 0 Å². The number of phenolic OH excluding ortho intramolecular Hbond substituents is 1. The number of fused-ring (bicyclic) bond motifs is 3. The summed E-state index contributed by atoms with van der Waals surface area (Å²) >= 11 is 0. The Hall–Kier alpha value is -3.70. The zero-order valence-corrected chi connectivity index (χ0v) is 21.1. The Balaban J connectivity index is 1.95. The predicted molar refractivity (Wildman–Crippen MR) is 131 cm³/mol. The number of hydrogen-bond acceptors (Lipinski definition) is 9. The van der Waals surface area contributed by atoms with Gasteiger partial charge in [0.05, 0.1) is 11.6 Å². The number of nitrogens with zero attached hydrogens (tertiary/aromatic N) is 1. The van der Waals surface area contributed by atoms with Gasteiger partial charge in [0.25, 0.3) is 5.91 Å². The summed E-state index contributed by atoms with van der Waals surface area (Å²) in [7, 11) is 3.11. The minimum atomic E-state index is -2.68. The lowest BCUT2D eigenvalue weighted by molar-refractivity contribution is -0.153. The number of ketones is 2. The normalized spacial score (nSPS) is 27.1. The second-order valence-electron chi connectivity index (χ2n) is 10.1. The van der Waals surface area contributed by atoms with Crippen molar-refractivity contribution >= 4 is 29.1 Å². The fourth-order valence-corrected chi connectivity index (χ4v) is 6.12. The summed E-state index contributed by atoms with van der Waals surface area (Å²) in [6, 6.07) is 0.612. The van der Waals surface area contributed by atoms with Gasteiger partial charge in [-0.3, -0.25) is 24.1 Å². The van der Waals surface area contributed by atoms with Crippen molar-refractivity contribution in [3.8, 4) is 5.75 Å². The molecule has 0 aromatic heterocycles. The lowest BCUT2D eigenvalue weighted by atomic mass is 9.57. The summed E-state index contributed by atoms with van der Waals surface area (Å²) in [6.45, 7) is 3.21. The number of aliphatic hydroxyl groups excluding tert-OH is 2. The Morgan fingerprint density at radius 2 is 1.84 bits per heavy atom. The molecule has 4 rings (SSSR count). The zero-order chi connectivity index (χ0) is 27.6. The van der Waals surface area contributed by atoms with E-state index in [9.17, 15) is 39.6 Å². The number of aryl methyl sites for hydroxylation is 1. The molecule has 198 valence electrons. The molecule has 3 aliphatic rings. The molecule has 1 aromatic carbocycles. The number of carbonyl (C=O) groups is 4. The Bertz CT molecular complexity index is 1310. The summed E-state index contributed by atoms with van der Waals surface area (Å²) in [4.78, 5) is 51.9. The molecule has 0 aliphatic heterocycles. The largest absolute Gasteiger partial charge is 0.508 e. The van der Waals surface area contributed by atoms with Gasteiger partial charge in [-0.1, -0.05) is 13.0 Å². The van der Waals surface area contributed by atoms with Gasteiger partial charge in [-0.15, -0.1) is 0 Å². The molecule has 1 aromatic rings. The highest BCUT2D eigenvalue weighted by atomic mass is 16.3. The average Bonchev–Trinajstić information content (AvgIpc) is 2.80. The molecule has 0 saturated heterocycles. The molecule has 0 bridgehead atoms. The van der Waals surface area contributed by atoms with E-state index in [1.54, 1.807) is 20.2 Å². The number of nitrogens with two attached hydrogens (primary N) is 1. The van der Waals surface area contributed by atoms with Crippen molar-refractivity contribution in [3.63, 3.8) is 0 Å².